The minimum Gasteiger partial charge on any atom is -0.481 e. The average Bonchev–Trinajstić information content (AvgIpc) is 3.15. The number of nitrogens with zero attached hydrogens (tertiary/aromatic N) is 1. The number of amides is 1. The van der Waals surface area contributed by atoms with Gasteiger partial charge in [0, 0.05) is 21.7 Å². The van der Waals surface area contributed by atoms with E-state index < -0.39 is 17.9 Å². The molecule has 1 aliphatic heterocycles. The van der Waals surface area contributed by atoms with Crippen molar-refractivity contribution >= 4 is 35.1 Å². The van der Waals surface area contributed by atoms with E-state index in [4.69, 9.17) is 23.2 Å². The number of hydrogen-bond acceptors (Lipinski definition) is 2. The summed E-state index contributed by atoms with van der Waals surface area (Å²) in [6, 6.07) is 11.4. The number of benzene rings is 2. The molecule has 4 rings (SSSR count). The molecule has 1 amide bonds. The first-order valence-corrected chi connectivity index (χ1v) is 9.84. The van der Waals surface area contributed by atoms with Gasteiger partial charge >= 0.3 is 5.97 Å². The minimum absolute atomic E-state index is 0.0180. The summed E-state index contributed by atoms with van der Waals surface area (Å²) in [6.07, 6.45) is 3.83. The zero-order valence-electron chi connectivity index (χ0n) is 14.6. The molecule has 27 heavy (non-hydrogen) atoms. The molecule has 2 unspecified atom stereocenters. The summed E-state index contributed by atoms with van der Waals surface area (Å²) in [6.45, 7) is 0. The summed E-state index contributed by atoms with van der Waals surface area (Å²) in [5.41, 5.74) is 1.64. The van der Waals surface area contributed by atoms with Crippen LogP contribution in [0.4, 0.5) is 0 Å². The van der Waals surface area contributed by atoms with E-state index in [1.54, 1.807) is 47.4 Å². The Morgan fingerprint density at radius 3 is 2.41 bits per heavy atom. The molecule has 2 aromatic rings. The molecule has 2 atom stereocenters. The van der Waals surface area contributed by atoms with Gasteiger partial charge in [0.2, 0.25) is 0 Å². The third-order valence-corrected chi connectivity index (χ3v) is 6.20. The highest BCUT2D eigenvalue weighted by Gasteiger charge is 2.47. The topological polar surface area (TPSA) is 57.6 Å². The van der Waals surface area contributed by atoms with E-state index >= 15 is 0 Å². The summed E-state index contributed by atoms with van der Waals surface area (Å²) in [5.74, 6) is -1.96. The Labute approximate surface area is 167 Å². The van der Waals surface area contributed by atoms with E-state index in [1.807, 2.05) is 0 Å². The van der Waals surface area contributed by atoms with Gasteiger partial charge in [-0.2, -0.15) is 0 Å². The average molecular weight is 404 g/mol. The van der Waals surface area contributed by atoms with Crippen LogP contribution in [0.1, 0.15) is 59.1 Å². The lowest BCUT2D eigenvalue weighted by molar-refractivity contribution is -0.140. The second-order valence-electron chi connectivity index (χ2n) is 7.16. The molecule has 0 radical (unpaired) electrons. The fourth-order valence-electron chi connectivity index (χ4n) is 4.47. The number of aliphatic carboxylic acids is 1. The molecule has 0 aromatic heterocycles. The molecule has 0 spiro atoms. The Bertz CT molecular complexity index is 908. The lowest BCUT2D eigenvalue weighted by Crippen LogP contribution is -2.49. The smallest absolute Gasteiger partial charge is 0.313 e. The molecular weight excluding hydrogens is 385 g/mol. The van der Waals surface area contributed by atoms with Gasteiger partial charge in [-0.3, -0.25) is 9.59 Å². The fraction of sp³-hybridized carbons (Fsp3) is 0.333. The molecule has 1 saturated carbocycles. The van der Waals surface area contributed by atoms with E-state index in [2.05, 4.69) is 0 Å². The molecule has 140 valence electrons. The first-order valence-electron chi connectivity index (χ1n) is 9.08. The number of halogens is 2. The maximum absolute atomic E-state index is 13.4. The van der Waals surface area contributed by atoms with Gasteiger partial charge in [-0.05, 0) is 42.2 Å². The number of carbonyl (C=O) groups is 2. The second kappa shape index (κ2) is 7.17. The van der Waals surface area contributed by atoms with Crippen molar-refractivity contribution in [3.05, 3.63) is 69.2 Å². The lowest BCUT2D eigenvalue weighted by atomic mass is 9.79. The van der Waals surface area contributed by atoms with Crippen molar-refractivity contribution in [2.75, 3.05) is 0 Å². The highest BCUT2D eigenvalue weighted by Crippen LogP contribution is 2.47. The second-order valence-corrected chi connectivity index (χ2v) is 8.01. The summed E-state index contributed by atoms with van der Waals surface area (Å²) in [5, 5.41) is 11.0. The number of carbonyl (C=O) groups excluding carboxylic acids is 1. The normalized spacial score (nSPS) is 22.7. The Morgan fingerprint density at radius 1 is 1.04 bits per heavy atom. The van der Waals surface area contributed by atoms with Crippen molar-refractivity contribution < 1.29 is 14.7 Å². The van der Waals surface area contributed by atoms with E-state index in [1.165, 1.54) is 0 Å². The third kappa shape index (κ3) is 3.11. The van der Waals surface area contributed by atoms with Gasteiger partial charge in [-0.15, -0.1) is 0 Å². The van der Waals surface area contributed by atoms with Crippen molar-refractivity contribution in [2.24, 2.45) is 0 Å². The lowest BCUT2D eigenvalue weighted by Gasteiger charge is -2.44. The Kier molecular flexibility index (Phi) is 4.87. The SMILES string of the molecule is O=C(O)C1c2ccccc2C(=O)N(C2CCCC2)C1c1ccc(Cl)cc1Cl. The van der Waals surface area contributed by atoms with Crippen molar-refractivity contribution in [1.29, 1.82) is 0 Å². The molecule has 6 heteroatoms. The monoisotopic (exact) mass is 403 g/mol. The maximum Gasteiger partial charge on any atom is 0.313 e. The van der Waals surface area contributed by atoms with Crippen LogP contribution in [0.5, 0.6) is 0 Å². The molecule has 1 fully saturated rings. The van der Waals surface area contributed by atoms with E-state index in [0.717, 1.165) is 25.7 Å². The predicted molar refractivity (Wildman–Crippen MR) is 104 cm³/mol. The first-order chi connectivity index (χ1) is 13.0. The zero-order valence-corrected chi connectivity index (χ0v) is 16.1. The Balaban J connectivity index is 1.94. The zero-order chi connectivity index (χ0) is 19.1. The van der Waals surface area contributed by atoms with Crippen LogP contribution in [0, 0.1) is 0 Å². The van der Waals surface area contributed by atoms with Crippen molar-refractivity contribution in [3.63, 3.8) is 0 Å². The molecule has 2 aliphatic rings. The predicted octanol–water partition coefficient (Wildman–Crippen LogP) is 5.30. The molecule has 0 saturated heterocycles. The van der Waals surface area contributed by atoms with Crippen LogP contribution in [0.15, 0.2) is 42.5 Å². The van der Waals surface area contributed by atoms with Crippen molar-refractivity contribution in [1.82, 2.24) is 4.90 Å². The van der Waals surface area contributed by atoms with Gasteiger partial charge < -0.3 is 10.0 Å². The molecule has 1 N–H and O–H groups in total. The quantitative estimate of drug-likeness (QED) is 0.755. The van der Waals surface area contributed by atoms with Crippen molar-refractivity contribution in [3.8, 4) is 0 Å². The standard InChI is InChI=1S/C21H19Cl2NO3/c22-12-9-10-16(17(23)11-12)19-18(21(26)27)14-7-3-4-8-15(14)20(25)24(19)13-5-1-2-6-13/h3-4,7-11,13,18-19H,1-2,5-6H2,(H,26,27). The minimum atomic E-state index is -0.964. The molecule has 1 heterocycles. The summed E-state index contributed by atoms with van der Waals surface area (Å²) >= 11 is 12.5. The summed E-state index contributed by atoms with van der Waals surface area (Å²) in [4.78, 5) is 27.5. The Hall–Kier alpha value is -2.04. The van der Waals surface area contributed by atoms with Crippen LogP contribution in [-0.2, 0) is 4.79 Å². The van der Waals surface area contributed by atoms with Crippen LogP contribution in [0.2, 0.25) is 10.0 Å². The van der Waals surface area contributed by atoms with Gasteiger partial charge in [-0.25, -0.2) is 0 Å². The molecule has 1 aliphatic carbocycles. The number of carboxylic acids is 1. The molecule has 4 nitrogen and oxygen atoms in total. The summed E-state index contributed by atoms with van der Waals surface area (Å²) in [7, 11) is 0. The molecule has 2 aromatic carbocycles. The van der Waals surface area contributed by atoms with Crippen LogP contribution in [0.25, 0.3) is 0 Å². The van der Waals surface area contributed by atoms with Gasteiger partial charge in [0.25, 0.3) is 5.91 Å². The number of rotatable bonds is 3. The van der Waals surface area contributed by atoms with Crippen LogP contribution >= 0.6 is 23.2 Å². The highest BCUT2D eigenvalue weighted by molar-refractivity contribution is 6.35. The maximum atomic E-state index is 13.4. The fourth-order valence-corrected chi connectivity index (χ4v) is 4.99. The Morgan fingerprint density at radius 2 is 1.74 bits per heavy atom. The van der Waals surface area contributed by atoms with E-state index in [9.17, 15) is 14.7 Å². The third-order valence-electron chi connectivity index (χ3n) is 5.64. The highest BCUT2D eigenvalue weighted by atomic mass is 35.5. The summed E-state index contributed by atoms with van der Waals surface area (Å²) < 4.78 is 0. The van der Waals surface area contributed by atoms with Gasteiger partial charge in [-0.1, -0.05) is 60.3 Å². The molecular formula is C21H19Cl2NO3. The van der Waals surface area contributed by atoms with Crippen LogP contribution < -0.4 is 0 Å². The van der Waals surface area contributed by atoms with Crippen LogP contribution in [-0.4, -0.2) is 27.9 Å². The number of hydrogen-bond donors (Lipinski definition) is 1. The van der Waals surface area contributed by atoms with Gasteiger partial charge in [0.1, 0.15) is 5.92 Å². The first kappa shape index (κ1) is 18.3. The molecule has 0 bridgehead atoms. The van der Waals surface area contributed by atoms with Crippen molar-refractivity contribution in [2.45, 2.75) is 43.7 Å². The largest absolute Gasteiger partial charge is 0.481 e. The van der Waals surface area contributed by atoms with E-state index in [-0.39, 0.29) is 11.9 Å². The number of fused-ring (bicyclic) bond motifs is 1. The number of carboxylic acid groups (broad SMARTS) is 1. The van der Waals surface area contributed by atoms with Gasteiger partial charge in [0.15, 0.2) is 0 Å². The van der Waals surface area contributed by atoms with Crippen LogP contribution in [0.3, 0.4) is 0 Å². The van der Waals surface area contributed by atoms with E-state index in [0.29, 0.717) is 26.7 Å². The van der Waals surface area contributed by atoms with Gasteiger partial charge in [0.05, 0.1) is 6.04 Å².